The van der Waals surface area contributed by atoms with Crippen LogP contribution in [-0.2, 0) is 0 Å². The van der Waals surface area contributed by atoms with Gasteiger partial charge in [0.15, 0.2) is 0 Å². The molecule has 0 aromatic heterocycles. The quantitative estimate of drug-likeness (QED) is 0.604. The normalized spacial score (nSPS) is 20.2. The second-order valence-corrected chi connectivity index (χ2v) is 3.66. The van der Waals surface area contributed by atoms with Crippen molar-refractivity contribution in [3.63, 3.8) is 0 Å². The SMILES string of the molecule is CC(CCN)NCCC1CC1. The van der Waals surface area contributed by atoms with E-state index in [2.05, 4.69) is 12.2 Å². The van der Waals surface area contributed by atoms with Gasteiger partial charge < -0.3 is 11.1 Å². The van der Waals surface area contributed by atoms with Crippen molar-refractivity contribution >= 4 is 0 Å². The fraction of sp³-hybridized carbons (Fsp3) is 1.00. The molecule has 1 fully saturated rings. The molecule has 0 saturated heterocycles. The summed E-state index contributed by atoms with van der Waals surface area (Å²) in [6.45, 7) is 4.20. The highest BCUT2D eigenvalue weighted by Crippen LogP contribution is 2.31. The summed E-state index contributed by atoms with van der Waals surface area (Å²) >= 11 is 0. The molecule has 1 atom stereocenters. The molecule has 0 aromatic rings. The lowest BCUT2D eigenvalue weighted by molar-refractivity contribution is 0.500. The van der Waals surface area contributed by atoms with Crippen molar-refractivity contribution in [3.05, 3.63) is 0 Å². The van der Waals surface area contributed by atoms with Crippen LogP contribution in [0.4, 0.5) is 0 Å². The van der Waals surface area contributed by atoms with Crippen molar-refractivity contribution in [1.29, 1.82) is 0 Å². The smallest absolute Gasteiger partial charge is 0.00507 e. The van der Waals surface area contributed by atoms with E-state index in [-0.39, 0.29) is 0 Å². The fourth-order valence-electron chi connectivity index (χ4n) is 1.29. The van der Waals surface area contributed by atoms with Gasteiger partial charge in [-0.25, -0.2) is 0 Å². The maximum atomic E-state index is 5.43. The second-order valence-electron chi connectivity index (χ2n) is 3.66. The molecule has 1 aliphatic rings. The number of nitrogens with one attached hydrogen (secondary N) is 1. The van der Waals surface area contributed by atoms with E-state index in [0.717, 1.165) is 18.9 Å². The second kappa shape index (κ2) is 4.73. The monoisotopic (exact) mass is 156 g/mol. The van der Waals surface area contributed by atoms with Gasteiger partial charge in [0.1, 0.15) is 0 Å². The van der Waals surface area contributed by atoms with Crippen molar-refractivity contribution in [1.82, 2.24) is 5.32 Å². The van der Waals surface area contributed by atoms with Gasteiger partial charge in [-0.15, -0.1) is 0 Å². The highest BCUT2D eigenvalue weighted by Gasteiger charge is 2.20. The molecule has 0 aromatic carbocycles. The predicted octanol–water partition coefficient (Wildman–Crippen LogP) is 1.11. The Morgan fingerprint density at radius 3 is 2.82 bits per heavy atom. The predicted molar refractivity (Wildman–Crippen MR) is 48.5 cm³/mol. The Balaban J connectivity index is 1.84. The summed E-state index contributed by atoms with van der Waals surface area (Å²) in [4.78, 5) is 0. The van der Waals surface area contributed by atoms with Crippen LogP contribution in [0.15, 0.2) is 0 Å². The van der Waals surface area contributed by atoms with Crippen LogP contribution >= 0.6 is 0 Å². The summed E-state index contributed by atoms with van der Waals surface area (Å²) < 4.78 is 0. The molecule has 2 heteroatoms. The van der Waals surface area contributed by atoms with Gasteiger partial charge in [0.25, 0.3) is 0 Å². The van der Waals surface area contributed by atoms with Crippen molar-refractivity contribution in [2.45, 2.75) is 38.6 Å². The lowest BCUT2D eigenvalue weighted by Crippen LogP contribution is -2.29. The fourth-order valence-corrected chi connectivity index (χ4v) is 1.29. The first kappa shape index (κ1) is 9.01. The molecule has 11 heavy (non-hydrogen) atoms. The van der Waals surface area contributed by atoms with E-state index in [1.165, 1.54) is 25.8 Å². The van der Waals surface area contributed by atoms with Crippen molar-refractivity contribution in [2.75, 3.05) is 13.1 Å². The van der Waals surface area contributed by atoms with E-state index in [0.29, 0.717) is 6.04 Å². The van der Waals surface area contributed by atoms with Crippen LogP contribution in [-0.4, -0.2) is 19.1 Å². The van der Waals surface area contributed by atoms with Gasteiger partial charge >= 0.3 is 0 Å². The van der Waals surface area contributed by atoms with Crippen LogP contribution in [0.2, 0.25) is 0 Å². The molecule has 0 radical (unpaired) electrons. The molecule has 3 N–H and O–H groups in total. The van der Waals surface area contributed by atoms with Gasteiger partial charge in [0, 0.05) is 6.04 Å². The van der Waals surface area contributed by atoms with Gasteiger partial charge in [-0.1, -0.05) is 12.8 Å². The zero-order valence-electron chi connectivity index (χ0n) is 7.47. The topological polar surface area (TPSA) is 38.0 Å². The van der Waals surface area contributed by atoms with Gasteiger partial charge in [-0.2, -0.15) is 0 Å². The van der Waals surface area contributed by atoms with Gasteiger partial charge in [-0.05, 0) is 38.8 Å². The lowest BCUT2D eigenvalue weighted by atomic mass is 10.2. The molecule has 0 heterocycles. The van der Waals surface area contributed by atoms with E-state index in [1.54, 1.807) is 0 Å². The van der Waals surface area contributed by atoms with E-state index >= 15 is 0 Å². The minimum atomic E-state index is 0.610. The maximum Gasteiger partial charge on any atom is 0.00507 e. The molecular weight excluding hydrogens is 136 g/mol. The number of hydrogen-bond acceptors (Lipinski definition) is 2. The zero-order valence-corrected chi connectivity index (χ0v) is 7.47. The van der Waals surface area contributed by atoms with E-state index in [4.69, 9.17) is 5.73 Å². The Morgan fingerprint density at radius 1 is 1.55 bits per heavy atom. The number of rotatable bonds is 6. The van der Waals surface area contributed by atoms with Crippen LogP contribution in [0.3, 0.4) is 0 Å². The molecule has 1 saturated carbocycles. The van der Waals surface area contributed by atoms with Gasteiger partial charge in [-0.3, -0.25) is 0 Å². The minimum absolute atomic E-state index is 0.610. The lowest BCUT2D eigenvalue weighted by Gasteiger charge is -2.11. The summed E-state index contributed by atoms with van der Waals surface area (Å²) in [5.74, 6) is 1.05. The largest absolute Gasteiger partial charge is 0.330 e. The number of hydrogen-bond donors (Lipinski definition) is 2. The minimum Gasteiger partial charge on any atom is -0.330 e. The molecule has 0 aliphatic heterocycles. The van der Waals surface area contributed by atoms with Gasteiger partial charge in [0.2, 0.25) is 0 Å². The first-order chi connectivity index (χ1) is 5.33. The van der Waals surface area contributed by atoms with Crippen molar-refractivity contribution in [2.24, 2.45) is 11.7 Å². The summed E-state index contributed by atoms with van der Waals surface area (Å²) in [6, 6.07) is 0.610. The van der Waals surface area contributed by atoms with Crippen LogP contribution in [0, 0.1) is 5.92 Å². The Labute approximate surface area is 69.5 Å². The summed E-state index contributed by atoms with van der Waals surface area (Å²) in [6.07, 6.45) is 5.40. The summed E-state index contributed by atoms with van der Waals surface area (Å²) in [5.41, 5.74) is 5.43. The average molecular weight is 156 g/mol. The molecular formula is C9H20N2. The van der Waals surface area contributed by atoms with E-state index in [1.807, 2.05) is 0 Å². The Bertz CT molecular complexity index is 99.7. The standard InChI is InChI=1S/C9H20N2/c1-8(4-6-10)11-7-5-9-2-3-9/h8-9,11H,2-7,10H2,1H3. The van der Waals surface area contributed by atoms with Gasteiger partial charge in [0.05, 0.1) is 0 Å². The Morgan fingerprint density at radius 2 is 2.27 bits per heavy atom. The third-order valence-corrected chi connectivity index (χ3v) is 2.34. The summed E-state index contributed by atoms with van der Waals surface area (Å²) in [7, 11) is 0. The van der Waals surface area contributed by atoms with E-state index in [9.17, 15) is 0 Å². The third-order valence-electron chi connectivity index (χ3n) is 2.34. The first-order valence-electron chi connectivity index (χ1n) is 4.76. The number of nitrogens with two attached hydrogens (primary N) is 1. The molecule has 1 aliphatic carbocycles. The zero-order chi connectivity index (χ0) is 8.10. The third kappa shape index (κ3) is 4.38. The summed E-state index contributed by atoms with van der Waals surface area (Å²) in [5, 5.41) is 3.47. The molecule has 0 amide bonds. The molecule has 1 unspecified atom stereocenters. The van der Waals surface area contributed by atoms with Crippen molar-refractivity contribution in [3.8, 4) is 0 Å². The van der Waals surface area contributed by atoms with Crippen LogP contribution in [0.5, 0.6) is 0 Å². The molecule has 1 rings (SSSR count). The molecule has 2 nitrogen and oxygen atoms in total. The molecule has 0 spiro atoms. The first-order valence-corrected chi connectivity index (χ1v) is 4.76. The van der Waals surface area contributed by atoms with Crippen LogP contribution in [0.1, 0.15) is 32.6 Å². The van der Waals surface area contributed by atoms with E-state index < -0.39 is 0 Å². The average Bonchev–Trinajstić information content (AvgIpc) is 2.72. The Hall–Kier alpha value is -0.0800. The van der Waals surface area contributed by atoms with Crippen LogP contribution in [0.25, 0.3) is 0 Å². The molecule has 66 valence electrons. The Kier molecular flexibility index (Phi) is 3.87. The maximum absolute atomic E-state index is 5.43. The van der Waals surface area contributed by atoms with Crippen molar-refractivity contribution < 1.29 is 0 Å². The highest BCUT2D eigenvalue weighted by atomic mass is 14.9. The highest BCUT2D eigenvalue weighted by molar-refractivity contribution is 4.74. The van der Waals surface area contributed by atoms with Crippen LogP contribution < -0.4 is 11.1 Å². The molecule has 0 bridgehead atoms.